The van der Waals surface area contributed by atoms with Crippen molar-refractivity contribution in [3.8, 4) is 0 Å². The van der Waals surface area contributed by atoms with Crippen LogP contribution in [0.1, 0.15) is 10.5 Å². The lowest BCUT2D eigenvalue weighted by Gasteiger charge is -2.12. The number of nitrogens with zero attached hydrogens (tertiary/aromatic N) is 2. The zero-order valence-corrected chi connectivity index (χ0v) is 11.0. The van der Waals surface area contributed by atoms with Crippen molar-refractivity contribution in [2.24, 2.45) is 0 Å². The minimum atomic E-state index is -0.371. The van der Waals surface area contributed by atoms with Crippen LogP contribution in [0.25, 0.3) is 10.9 Å². The topological polar surface area (TPSA) is 87.1 Å². The van der Waals surface area contributed by atoms with Gasteiger partial charge in [-0.25, -0.2) is 0 Å². The molecule has 0 aliphatic carbocycles. The van der Waals surface area contributed by atoms with Gasteiger partial charge in [-0.05, 0) is 6.07 Å². The van der Waals surface area contributed by atoms with Gasteiger partial charge in [-0.1, -0.05) is 24.3 Å². The highest BCUT2D eigenvalue weighted by Crippen LogP contribution is 2.24. The monoisotopic (exact) mass is 272 g/mol. The molecule has 0 aliphatic heterocycles. The molecular weight excluding hydrogens is 256 g/mol. The fraction of sp³-hybridized carbons (Fsp3) is 0.214. The maximum absolute atomic E-state index is 12.0. The van der Waals surface area contributed by atoms with E-state index in [-0.39, 0.29) is 24.8 Å². The van der Waals surface area contributed by atoms with Crippen molar-refractivity contribution in [3.05, 3.63) is 42.6 Å². The number of fused-ring (bicyclic) bond motifs is 1. The van der Waals surface area contributed by atoms with Crippen LogP contribution in [0.3, 0.4) is 0 Å². The number of amides is 1. The third-order valence-electron chi connectivity index (χ3n) is 2.70. The Morgan fingerprint density at radius 3 is 2.90 bits per heavy atom. The number of aliphatic hydroxyl groups is 1. The van der Waals surface area contributed by atoms with Crippen LogP contribution in [-0.2, 0) is 0 Å². The molecule has 0 aliphatic rings. The van der Waals surface area contributed by atoms with Gasteiger partial charge in [-0.15, -0.1) is 16.8 Å². The highest BCUT2D eigenvalue weighted by Gasteiger charge is 2.16. The number of rotatable bonds is 6. The van der Waals surface area contributed by atoms with Gasteiger partial charge in [0, 0.05) is 18.5 Å². The van der Waals surface area contributed by atoms with E-state index in [1.54, 1.807) is 6.08 Å². The zero-order valence-electron chi connectivity index (χ0n) is 11.0. The maximum Gasteiger partial charge on any atom is 0.274 e. The van der Waals surface area contributed by atoms with E-state index < -0.39 is 0 Å². The third-order valence-corrected chi connectivity index (χ3v) is 2.70. The summed E-state index contributed by atoms with van der Waals surface area (Å²) >= 11 is 0. The molecule has 3 N–H and O–H groups in total. The molecule has 1 heterocycles. The summed E-state index contributed by atoms with van der Waals surface area (Å²) in [5.41, 5.74) is 1.53. The van der Waals surface area contributed by atoms with Gasteiger partial charge in [0.1, 0.15) is 0 Å². The van der Waals surface area contributed by atoms with Crippen molar-refractivity contribution >= 4 is 22.5 Å². The van der Waals surface area contributed by atoms with E-state index in [9.17, 15) is 4.79 Å². The summed E-state index contributed by atoms with van der Waals surface area (Å²) in [6.45, 7) is 4.21. The number of aromatic nitrogens is 2. The summed E-state index contributed by atoms with van der Waals surface area (Å²) in [6.07, 6.45) is 1.70. The largest absolute Gasteiger partial charge is 0.395 e. The molecule has 2 aromatic rings. The summed E-state index contributed by atoms with van der Waals surface area (Å²) in [6, 6.07) is 7.44. The van der Waals surface area contributed by atoms with Crippen LogP contribution >= 0.6 is 0 Å². The molecule has 0 atom stereocenters. The van der Waals surface area contributed by atoms with Crippen LogP contribution in [0.15, 0.2) is 36.9 Å². The summed E-state index contributed by atoms with van der Waals surface area (Å²) < 4.78 is 0. The normalized spacial score (nSPS) is 10.2. The number of benzene rings is 1. The van der Waals surface area contributed by atoms with Crippen LogP contribution in [-0.4, -0.2) is 40.9 Å². The average Bonchev–Trinajstić information content (AvgIpc) is 2.50. The number of hydrogen-bond acceptors (Lipinski definition) is 5. The predicted octanol–water partition coefficient (Wildman–Crippen LogP) is 0.950. The first-order valence-corrected chi connectivity index (χ1v) is 6.27. The second kappa shape index (κ2) is 6.63. The third kappa shape index (κ3) is 2.92. The molecule has 0 radical (unpaired) electrons. The van der Waals surface area contributed by atoms with Gasteiger partial charge in [0.25, 0.3) is 5.91 Å². The molecular formula is C14H16N4O2. The molecule has 2 rings (SSSR count). The first kappa shape index (κ1) is 14.0. The molecule has 1 aromatic carbocycles. The minimum absolute atomic E-state index is 0.123. The van der Waals surface area contributed by atoms with Gasteiger partial charge in [-0.2, -0.15) is 0 Å². The molecule has 1 aromatic heterocycles. The van der Waals surface area contributed by atoms with Crippen LogP contribution in [0.5, 0.6) is 0 Å². The lowest BCUT2D eigenvalue weighted by atomic mass is 10.1. The van der Waals surface area contributed by atoms with Gasteiger partial charge in [0.2, 0.25) is 0 Å². The van der Waals surface area contributed by atoms with Crippen molar-refractivity contribution in [3.63, 3.8) is 0 Å². The van der Waals surface area contributed by atoms with E-state index in [0.717, 1.165) is 5.39 Å². The highest BCUT2D eigenvalue weighted by atomic mass is 16.3. The smallest absolute Gasteiger partial charge is 0.274 e. The SMILES string of the molecule is C=CCNc1c(C(=O)NCCO)nnc2ccccc12. The summed E-state index contributed by atoms with van der Waals surface area (Å²) in [4.78, 5) is 12.0. The first-order valence-electron chi connectivity index (χ1n) is 6.27. The summed E-state index contributed by atoms with van der Waals surface area (Å²) in [5, 5.41) is 23.3. The van der Waals surface area contributed by atoms with E-state index in [4.69, 9.17) is 5.11 Å². The standard InChI is InChI=1S/C14H16N4O2/c1-2-7-15-12-10-5-3-4-6-11(10)17-18-13(12)14(20)16-8-9-19/h2-6,19H,1,7-9H2,(H,15,17)(H,16,20). The first-order chi connectivity index (χ1) is 9.77. The molecule has 0 spiro atoms. The fourth-order valence-corrected chi connectivity index (χ4v) is 1.82. The van der Waals surface area contributed by atoms with Gasteiger partial charge in [0.15, 0.2) is 5.69 Å². The van der Waals surface area contributed by atoms with Crippen molar-refractivity contribution in [1.82, 2.24) is 15.5 Å². The van der Waals surface area contributed by atoms with E-state index in [2.05, 4.69) is 27.4 Å². The average molecular weight is 272 g/mol. The number of aliphatic hydroxyl groups excluding tert-OH is 1. The van der Waals surface area contributed by atoms with E-state index in [0.29, 0.717) is 17.7 Å². The van der Waals surface area contributed by atoms with E-state index in [1.807, 2.05) is 24.3 Å². The Balaban J connectivity index is 2.46. The Hall–Kier alpha value is -2.47. The molecule has 0 saturated heterocycles. The number of anilines is 1. The molecule has 0 unspecified atom stereocenters. The molecule has 6 heteroatoms. The fourth-order valence-electron chi connectivity index (χ4n) is 1.82. The van der Waals surface area contributed by atoms with Gasteiger partial charge in [-0.3, -0.25) is 4.79 Å². The highest BCUT2D eigenvalue weighted by molar-refractivity contribution is 6.05. The molecule has 0 fully saturated rings. The van der Waals surface area contributed by atoms with E-state index >= 15 is 0 Å². The Bertz CT molecular complexity index is 628. The lowest BCUT2D eigenvalue weighted by Crippen LogP contribution is -2.28. The van der Waals surface area contributed by atoms with Crippen LogP contribution in [0.2, 0.25) is 0 Å². The maximum atomic E-state index is 12.0. The van der Waals surface area contributed by atoms with E-state index in [1.165, 1.54) is 0 Å². The number of carbonyl (C=O) groups is 1. The van der Waals surface area contributed by atoms with Crippen molar-refractivity contribution in [2.75, 3.05) is 25.0 Å². The molecule has 104 valence electrons. The molecule has 20 heavy (non-hydrogen) atoms. The van der Waals surface area contributed by atoms with Crippen LogP contribution in [0, 0.1) is 0 Å². The van der Waals surface area contributed by atoms with Crippen molar-refractivity contribution in [1.29, 1.82) is 0 Å². The Morgan fingerprint density at radius 1 is 1.35 bits per heavy atom. The molecule has 1 amide bonds. The molecule has 0 bridgehead atoms. The predicted molar refractivity (Wildman–Crippen MR) is 77.6 cm³/mol. The number of carbonyl (C=O) groups excluding carboxylic acids is 1. The number of hydrogen-bond donors (Lipinski definition) is 3. The summed E-state index contributed by atoms with van der Waals surface area (Å²) in [7, 11) is 0. The van der Waals surface area contributed by atoms with Gasteiger partial charge in [0.05, 0.1) is 17.8 Å². The van der Waals surface area contributed by atoms with Crippen molar-refractivity contribution in [2.45, 2.75) is 0 Å². The molecule has 6 nitrogen and oxygen atoms in total. The van der Waals surface area contributed by atoms with Gasteiger partial charge < -0.3 is 15.7 Å². The Kier molecular flexibility index (Phi) is 4.62. The minimum Gasteiger partial charge on any atom is -0.395 e. The Morgan fingerprint density at radius 2 is 2.15 bits per heavy atom. The second-order valence-corrected chi connectivity index (χ2v) is 4.09. The van der Waals surface area contributed by atoms with Crippen LogP contribution in [0.4, 0.5) is 5.69 Å². The second-order valence-electron chi connectivity index (χ2n) is 4.09. The van der Waals surface area contributed by atoms with Crippen LogP contribution < -0.4 is 10.6 Å². The summed E-state index contributed by atoms with van der Waals surface area (Å²) in [5.74, 6) is -0.371. The molecule has 0 saturated carbocycles. The van der Waals surface area contributed by atoms with Crippen molar-refractivity contribution < 1.29 is 9.90 Å². The zero-order chi connectivity index (χ0) is 14.4. The van der Waals surface area contributed by atoms with Gasteiger partial charge >= 0.3 is 0 Å². The Labute approximate surface area is 116 Å². The number of nitrogens with one attached hydrogen (secondary N) is 2. The quantitative estimate of drug-likeness (QED) is 0.681. The lowest BCUT2D eigenvalue weighted by molar-refractivity contribution is 0.0940.